The number of methoxy groups -OCH3 is 1. The number of rotatable bonds is 4. The average molecular weight is 175 g/mol. The van der Waals surface area contributed by atoms with Crippen LogP contribution in [0.3, 0.4) is 0 Å². The van der Waals surface area contributed by atoms with Crippen LogP contribution in [0.2, 0.25) is 0 Å². The summed E-state index contributed by atoms with van der Waals surface area (Å²) in [5, 5.41) is 8.58. The number of carbonyl (C=O) groups is 1. The Labute approximate surface area is 71.5 Å². The maximum Gasteiger partial charge on any atom is 0.481 e. The van der Waals surface area contributed by atoms with Crippen molar-refractivity contribution in [3.8, 4) is 0 Å². The van der Waals surface area contributed by atoms with Crippen LogP contribution in [0.4, 0.5) is 0 Å². The second-order valence-corrected chi connectivity index (χ2v) is 2.99. The molecule has 1 atom stereocenters. The number of hydrogen-bond acceptors (Lipinski definition) is 2. The third kappa shape index (κ3) is 3.37. The highest BCUT2D eigenvalue weighted by Gasteiger charge is 2.28. The first-order chi connectivity index (χ1) is 5.49. The van der Waals surface area contributed by atoms with Gasteiger partial charge in [-0.3, -0.25) is 4.79 Å². The van der Waals surface area contributed by atoms with Crippen molar-refractivity contribution in [2.45, 2.75) is 20.3 Å². The van der Waals surface area contributed by atoms with Crippen molar-refractivity contribution in [3.05, 3.63) is 0 Å². The molecular weight excluding hydrogens is 160 g/mol. The van der Waals surface area contributed by atoms with E-state index in [0.717, 1.165) is 0 Å². The molecule has 1 unspecified atom stereocenters. The summed E-state index contributed by atoms with van der Waals surface area (Å²) in [6.45, 7) is 3.65. The van der Waals surface area contributed by atoms with Crippen molar-refractivity contribution in [1.29, 1.82) is 0 Å². The summed E-state index contributed by atoms with van der Waals surface area (Å²) in [4.78, 5) is 19.6. The van der Waals surface area contributed by atoms with Gasteiger partial charge in [-0.2, -0.15) is 0 Å². The average Bonchev–Trinajstić information content (AvgIpc) is 1.98. The smallest absolute Gasteiger partial charge is 0.469 e. The van der Waals surface area contributed by atoms with Crippen molar-refractivity contribution >= 4 is 11.9 Å². The van der Waals surface area contributed by atoms with Gasteiger partial charge in [-0.25, -0.2) is 0 Å². The Morgan fingerprint density at radius 1 is 1.58 bits per heavy atom. The first-order valence-electron chi connectivity index (χ1n) is 3.80. The number of aliphatic carboxylic acids is 1. The molecule has 2 N–H and O–H groups in total. The highest BCUT2D eigenvalue weighted by atomic mass is 16.5. The van der Waals surface area contributed by atoms with Gasteiger partial charge in [0.1, 0.15) is 6.42 Å². The SMILES string of the molecule is COC(=O)C(CC(O)=[OH+])C(C)C. The third-order valence-electron chi connectivity index (χ3n) is 1.71. The van der Waals surface area contributed by atoms with E-state index in [1.54, 1.807) is 0 Å². The van der Waals surface area contributed by atoms with Gasteiger partial charge < -0.3 is 14.6 Å². The fourth-order valence-electron chi connectivity index (χ4n) is 0.939. The largest absolute Gasteiger partial charge is 0.481 e. The summed E-state index contributed by atoms with van der Waals surface area (Å²) in [5.41, 5.74) is 0. The zero-order chi connectivity index (χ0) is 9.72. The first-order valence-corrected chi connectivity index (χ1v) is 3.80. The molecule has 0 aliphatic heterocycles. The zero-order valence-electron chi connectivity index (χ0n) is 7.57. The Bertz CT molecular complexity index is 174. The molecule has 0 bridgehead atoms. The van der Waals surface area contributed by atoms with Gasteiger partial charge in [0.2, 0.25) is 0 Å². The molecule has 0 radical (unpaired) electrons. The molecule has 0 fully saturated rings. The van der Waals surface area contributed by atoms with Gasteiger partial charge in [-0.15, -0.1) is 0 Å². The van der Waals surface area contributed by atoms with Crippen molar-refractivity contribution in [2.24, 2.45) is 11.8 Å². The van der Waals surface area contributed by atoms with E-state index in [1.807, 2.05) is 13.8 Å². The molecule has 0 saturated heterocycles. The first kappa shape index (κ1) is 10.9. The summed E-state index contributed by atoms with van der Waals surface area (Å²) < 4.78 is 4.50. The Hall–Kier alpha value is -1.06. The topological polar surface area (TPSA) is 67.9 Å². The molecule has 12 heavy (non-hydrogen) atoms. The van der Waals surface area contributed by atoms with E-state index in [1.165, 1.54) is 7.11 Å². The van der Waals surface area contributed by atoms with Crippen molar-refractivity contribution in [1.82, 2.24) is 0 Å². The van der Waals surface area contributed by atoms with Crippen LogP contribution in [-0.2, 0) is 9.53 Å². The monoisotopic (exact) mass is 175 g/mol. The molecule has 70 valence electrons. The van der Waals surface area contributed by atoms with E-state index >= 15 is 0 Å². The molecule has 0 aromatic carbocycles. The maximum absolute atomic E-state index is 11.0. The summed E-state index contributed by atoms with van der Waals surface area (Å²) in [5.74, 6) is -1.57. The second-order valence-electron chi connectivity index (χ2n) is 2.99. The van der Waals surface area contributed by atoms with Crippen molar-refractivity contribution < 1.29 is 19.4 Å². The maximum atomic E-state index is 11.0. The van der Waals surface area contributed by atoms with Gasteiger partial charge >= 0.3 is 11.9 Å². The quantitative estimate of drug-likeness (QED) is 0.509. The Morgan fingerprint density at radius 2 is 2.08 bits per heavy atom. The molecule has 4 nitrogen and oxygen atoms in total. The third-order valence-corrected chi connectivity index (χ3v) is 1.71. The molecule has 0 aliphatic rings. The van der Waals surface area contributed by atoms with Gasteiger partial charge in [-0.05, 0) is 5.92 Å². The number of carboxylic acid groups (broad SMARTS) is 1. The summed E-state index contributed by atoms with van der Waals surface area (Å²) in [6.07, 6.45) is -0.0513. The fourth-order valence-corrected chi connectivity index (χ4v) is 0.939. The molecular formula is C8H15O4+. The zero-order valence-corrected chi connectivity index (χ0v) is 7.57. The van der Waals surface area contributed by atoms with Crippen LogP contribution in [0.5, 0.6) is 0 Å². The molecule has 0 aromatic heterocycles. The summed E-state index contributed by atoms with van der Waals surface area (Å²) in [6, 6.07) is 0. The molecule has 0 rings (SSSR count). The van der Waals surface area contributed by atoms with Gasteiger partial charge in [0, 0.05) is 0 Å². The van der Waals surface area contributed by atoms with Gasteiger partial charge in [0.05, 0.1) is 13.0 Å². The van der Waals surface area contributed by atoms with Crippen LogP contribution in [0.25, 0.3) is 0 Å². The molecule has 4 heteroatoms. The van der Waals surface area contributed by atoms with Gasteiger partial charge in [0.25, 0.3) is 0 Å². The van der Waals surface area contributed by atoms with E-state index in [4.69, 9.17) is 9.90 Å². The molecule has 0 aromatic rings. The molecule has 0 spiro atoms. The van der Waals surface area contributed by atoms with Gasteiger partial charge in [-0.1, -0.05) is 13.8 Å². The Kier molecular flexibility index (Phi) is 4.33. The second kappa shape index (κ2) is 4.74. The minimum absolute atomic E-state index is 0.0340. The molecule has 0 saturated carbocycles. The van der Waals surface area contributed by atoms with Crippen LogP contribution in [0.15, 0.2) is 0 Å². The summed E-state index contributed by atoms with van der Waals surface area (Å²) >= 11 is 0. The minimum atomic E-state index is -0.723. The predicted octanol–water partition coefficient (Wildman–Crippen LogP) is 0.882. The van der Waals surface area contributed by atoms with E-state index in [0.29, 0.717) is 0 Å². The standard InChI is InChI=1S/C8H14O4/c1-5(2)6(4-7(9)10)8(11)12-3/h5-6H,4H2,1-3H3,(H,9,10)/p+1. The lowest BCUT2D eigenvalue weighted by Crippen LogP contribution is -2.24. The number of carbonyl (C=O) groups excluding carboxylic acids is 1. The minimum Gasteiger partial charge on any atom is -0.469 e. The summed E-state index contributed by atoms with van der Waals surface area (Å²) in [7, 11) is 1.28. The van der Waals surface area contributed by atoms with Crippen LogP contribution >= 0.6 is 0 Å². The highest BCUT2D eigenvalue weighted by Crippen LogP contribution is 2.16. The van der Waals surface area contributed by atoms with E-state index in [-0.39, 0.29) is 12.3 Å². The van der Waals surface area contributed by atoms with Crippen molar-refractivity contribution in [2.75, 3.05) is 7.11 Å². The highest BCUT2D eigenvalue weighted by molar-refractivity contribution is 5.79. The number of ether oxygens (including phenoxy) is 1. The molecule has 0 heterocycles. The number of carboxylic acids is 1. The number of esters is 1. The van der Waals surface area contributed by atoms with Crippen LogP contribution in [0.1, 0.15) is 20.3 Å². The Balaban J connectivity index is 4.23. The number of hydrogen-bond donors (Lipinski definition) is 1. The lowest BCUT2D eigenvalue weighted by atomic mass is 9.93. The van der Waals surface area contributed by atoms with Crippen LogP contribution in [0, 0.1) is 11.8 Å². The Morgan fingerprint density at radius 3 is 2.33 bits per heavy atom. The van der Waals surface area contributed by atoms with Crippen LogP contribution in [-0.4, -0.2) is 28.9 Å². The van der Waals surface area contributed by atoms with Crippen LogP contribution < -0.4 is 0 Å². The van der Waals surface area contributed by atoms with E-state index < -0.39 is 17.9 Å². The molecule has 0 aliphatic carbocycles. The normalized spacial score (nSPS) is 12.7. The lowest BCUT2D eigenvalue weighted by molar-refractivity contribution is -0.146. The van der Waals surface area contributed by atoms with E-state index in [9.17, 15) is 4.79 Å². The van der Waals surface area contributed by atoms with Crippen molar-refractivity contribution in [3.63, 3.8) is 0 Å². The predicted molar refractivity (Wildman–Crippen MR) is 44.5 cm³/mol. The molecule has 0 amide bonds. The fraction of sp³-hybridized carbons (Fsp3) is 0.750. The van der Waals surface area contributed by atoms with E-state index in [2.05, 4.69) is 4.74 Å². The van der Waals surface area contributed by atoms with Gasteiger partial charge in [0.15, 0.2) is 0 Å². The number of aliphatic hydroxyl groups excluding tert-OH is 1. The lowest BCUT2D eigenvalue weighted by Gasteiger charge is -2.13.